The summed E-state index contributed by atoms with van der Waals surface area (Å²) in [6, 6.07) is 6.17. The normalized spacial score (nSPS) is 16.8. The quantitative estimate of drug-likeness (QED) is 0.839. The predicted octanol–water partition coefficient (Wildman–Crippen LogP) is 1.71. The molecule has 4 nitrogen and oxygen atoms in total. The maximum atomic E-state index is 9.06. The molecule has 0 amide bonds. The molecule has 2 rings (SSSR count). The highest BCUT2D eigenvalue weighted by Crippen LogP contribution is 2.19. The lowest BCUT2D eigenvalue weighted by Crippen LogP contribution is -2.28. The Hall–Kier alpha value is -1.57. The zero-order valence-electron chi connectivity index (χ0n) is 11.5. The van der Waals surface area contributed by atoms with Crippen molar-refractivity contribution in [2.45, 2.75) is 19.8 Å². The van der Waals surface area contributed by atoms with Crippen LogP contribution in [0.4, 0.5) is 5.69 Å². The Morgan fingerprint density at radius 3 is 3.00 bits per heavy atom. The monoisotopic (exact) mass is 259 g/mol. The summed E-state index contributed by atoms with van der Waals surface area (Å²) in [5.74, 6) is 0. The van der Waals surface area contributed by atoms with Crippen molar-refractivity contribution in [3.8, 4) is 6.07 Å². The number of nitriles is 1. The second-order valence-corrected chi connectivity index (χ2v) is 5.04. The molecule has 1 aromatic rings. The highest BCUT2D eigenvalue weighted by molar-refractivity contribution is 5.60. The molecule has 19 heavy (non-hydrogen) atoms. The van der Waals surface area contributed by atoms with Crippen LogP contribution in [0.5, 0.6) is 0 Å². The summed E-state index contributed by atoms with van der Waals surface area (Å²) in [4.78, 5) is 2.42. The molecule has 0 aromatic heterocycles. The molecule has 1 aliphatic heterocycles. The van der Waals surface area contributed by atoms with E-state index in [9.17, 15) is 0 Å². The Morgan fingerprint density at radius 1 is 1.37 bits per heavy atom. The molecule has 102 valence electrons. The van der Waals surface area contributed by atoms with Crippen LogP contribution in [-0.4, -0.2) is 37.7 Å². The van der Waals surface area contributed by atoms with E-state index in [2.05, 4.69) is 17.0 Å². The van der Waals surface area contributed by atoms with Crippen molar-refractivity contribution in [1.29, 1.82) is 5.26 Å². The molecule has 1 aromatic carbocycles. The van der Waals surface area contributed by atoms with Crippen molar-refractivity contribution >= 4 is 5.69 Å². The third-order valence-electron chi connectivity index (χ3n) is 3.60. The van der Waals surface area contributed by atoms with Crippen molar-refractivity contribution in [1.82, 2.24) is 4.90 Å². The van der Waals surface area contributed by atoms with Gasteiger partial charge in [0.1, 0.15) is 6.07 Å². The van der Waals surface area contributed by atoms with Crippen LogP contribution in [0.3, 0.4) is 0 Å². The van der Waals surface area contributed by atoms with Gasteiger partial charge in [-0.2, -0.15) is 5.26 Å². The number of hydrogen-bond donors (Lipinski definition) is 1. The van der Waals surface area contributed by atoms with Crippen LogP contribution in [-0.2, 0) is 11.2 Å². The standard InChI is InChI=1S/C15H21N3O/c1-12-9-13(10-14(11-16)15(12)17)3-5-18-4-2-7-19-8-6-18/h9-10H,2-8,17H2,1H3. The van der Waals surface area contributed by atoms with Gasteiger partial charge >= 0.3 is 0 Å². The number of aryl methyl sites for hydroxylation is 1. The third-order valence-corrected chi connectivity index (χ3v) is 3.60. The second-order valence-electron chi connectivity index (χ2n) is 5.04. The summed E-state index contributed by atoms with van der Waals surface area (Å²) in [7, 11) is 0. The largest absolute Gasteiger partial charge is 0.397 e. The van der Waals surface area contributed by atoms with Gasteiger partial charge in [-0.3, -0.25) is 0 Å². The number of benzene rings is 1. The molecule has 1 heterocycles. The zero-order chi connectivity index (χ0) is 13.7. The van der Waals surface area contributed by atoms with E-state index in [0.29, 0.717) is 11.3 Å². The molecule has 2 N–H and O–H groups in total. The predicted molar refractivity (Wildman–Crippen MR) is 75.9 cm³/mol. The maximum Gasteiger partial charge on any atom is 0.101 e. The number of nitrogen functional groups attached to an aromatic ring is 1. The Kier molecular flexibility index (Phi) is 4.78. The summed E-state index contributed by atoms with van der Waals surface area (Å²) >= 11 is 0. The van der Waals surface area contributed by atoms with E-state index in [1.807, 2.05) is 13.0 Å². The second kappa shape index (κ2) is 6.55. The average molecular weight is 259 g/mol. The van der Waals surface area contributed by atoms with E-state index in [1.54, 1.807) is 0 Å². The van der Waals surface area contributed by atoms with Crippen LogP contribution in [0.1, 0.15) is 23.1 Å². The number of nitrogens with two attached hydrogens (primary N) is 1. The first-order valence-corrected chi connectivity index (χ1v) is 6.80. The van der Waals surface area contributed by atoms with Crippen LogP contribution in [0.25, 0.3) is 0 Å². The van der Waals surface area contributed by atoms with Crippen molar-refractivity contribution in [2.24, 2.45) is 0 Å². The molecular weight excluding hydrogens is 238 g/mol. The fraction of sp³-hybridized carbons (Fsp3) is 0.533. The van der Waals surface area contributed by atoms with Crippen molar-refractivity contribution < 1.29 is 4.74 Å². The van der Waals surface area contributed by atoms with Gasteiger partial charge in [-0.15, -0.1) is 0 Å². The topological polar surface area (TPSA) is 62.3 Å². The Labute approximate surface area is 114 Å². The van der Waals surface area contributed by atoms with Gasteiger partial charge in [-0.05, 0) is 37.0 Å². The molecule has 0 saturated carbocycles. The van der Waals surface area contributed by atoms with Gasteiger partial charge in [0.2, 0.25) is 0 Å². The summed E-state index contributed by atoms with van der Waals surface area (Å²) in [6.07, 6.45) is 2.06. The van der Waals surface area contributed by atoms with E-state index in [1.165, 1.54) is 5.56 Å². The minimum Gasteiger partial charge on any atom is -0.397 e. The molecule has 1 aliphatic rings. The molecule has 1 saturated heterocycles. The highest BCUT2D eigenvalue weighted by Gasteiger charge is 2.10. The van der Waals surface area contributed by atoms with Crippen molar-refractivity contribution in [2.75, 3.05) is 38.6 Å². The first kappa shape index (κ1) is 13.9. The minimum atomic E-state index is 0.592. The van der Waals surface area contributed by atoms with Gasteiger partial charge < -0.3 is 15.4 Å². The molecule has 1 fully saturated rings. The van der Waals surface area contributed by atoms with E-state index < -0.39 is 0 Å². The molecule has 0 unspecified atom stereocenters. The van der Waals surface area contributed by atoms with E-state index in [4.69, 9.17) is 15.7 Å². The van der Waals surface area contributed by atoms with E-state index in [0.717, 1.165) is 51.3 Å². The van der Waals surface area contributed by atoms with Crippen molar-refractivity contribution in [3.63, 3.8) is 0 Å². The number of anilines is 1. The van der Waals surface area contributed by atoms with Gasteiger partial charge in [0.25, 0.3) is 0 Å². The molecule has 0 radical (unpaired) electrons. The smallest absolute Gasteiger partial charge is 0.101 e. The van der Waals surface area contributed by atoms with Crippen LogP contribution >= 0.6 is 0 Å². The number of rotatable bonds is 3. The van der Waals surface area contributed by atoms with Gasteiger partial charge in [0.05, 0.1) is 17.9 Å². The molecule has 0 spiro atoms. The lowest BCUT2D eigenvalue weighted by Gasteiger charge is -2.19. The molecule has 4 heteroatoms. The summed E-state index contributed by atoms with van der Waals surface area (Å²) in [6.45, 7) is 6.76. The van der Waals surface area contributed by atoms with Crippen LogP contribution in [0.15, 0.2) is 12.1 Å². The van der Waals surface area contributed by atoms with Crippen LogP contribution < -0.4 is 5.73 Å². The summed E-state index contributed by atoms with van der Waals surface area (Å²) in [5, 5.41) is 9.06. The Bertz CT molecular complexity index is 471. The lowest BCUT2D eigenvalue weighted by molar-refractivity contribution is 0.141. The number of nitrogens with zero attached hydrogens (tertiary/aromatic N) is 2. The minimum absolute atomic E-state index is 0.592. The molecule has 0 atom stereocenters. The van der Waals surface area contributed by atoms with Crippen molar-refractivity contribution in [3.05, 3.63) is 28.8 Å². The van der Waals surface area contributed by atoms with Crippen LogP contribution in [0, 0.1) is 18.3 Å². The first-order valence-electron chi connectivity index (χ1n) is 6.80. The van der Waals surface area contributed by atoms with Gasteiger partial charge in [0.15, 0.2) is 0 Å². The van der Waals surface area contributed by atoms with Gasteiger partial charge in [0, 0.05) is 26.2 Å². The maximum absolute atomic E-state index is 9.06. The van der Waals surface area contributed by atoms with Gasteiger partial charge in [-0.25, -0.2) is 0 Å². The van der Waals surface area contributed by atoms with E-state index in [-0.39, 0.29) is 0 Å². The number of ether oxygens (including phenoxy) is 1. The molecular formula is C15H21N3O. The van der Waals surface area contributed by atoms with Gasteiger partial charge in [-0.1, -0.05) is 6.07 Å². The highest BCUT2D eigenvalue weighted by atomic mass is 16.5. The Balaban J connectivity index is 1.99. The summed E-state index contributed by atoms with van der Waals surface area (Å²) < 4.78 is 5.45. The Morgan fingerprint density at radius 2 is 2.21 bits per heavy atom. The lowest BCUT2D eigenvalue weighted by atomic mass is 10.0. The SMILES string of the molecule is Cc1cc(CCN2CCCOCC2)cc(C#N)c1N. The molecule has 0 bridgehead atoms. The first-order chi connectivity index (χ1) is 9.20. The van der Waals surface area contributed by atoms with Crippen LogP contribution in [0.2, 0.25) is 0 Å². The summed E-state index contributed by atoms with van der Waals surface area (Å²) in [5.41, 5.74) is 9.25. The number of hydrogen-bond acceptors (Lipinski definition) is 4. The van der Waals surface area contributed by atoms with E-state index >= 15 is 0 Å². The zero-order valence-corrected chi connectivity index (χ0v) is 11.5. The molecule has 0 aliphatic carbocycles. The fourth-order valence-corrected chi connectivity index (χ4v) is 2.42. The average Bonchev–Trinajstić information content (AvgIpc) is 2.68. The fourth-order valence-electron chi connectivity index (χ4n) is 2.42. The third kappa shape index (κ3) is 3.69.